The minimum atomic E-state index is 0.363. The van der Waals surface area contributed by atoms with Gasteiger partial charge in [-0.3, -0.25) is 0 Å². The highest BCUT2D eigenvalue weighted by atomic mass is 35.5. The highest BCUT2D eigenvalue weighted by Gasteiger charge is 2.45. The summed E-state index contributed by atoms with van der Waals surface area (Å²) < 4.78 is 5.50. The van der Waals surface area contributed by atoms with Crippen molar-refractivity contribution in [2.24, 2.45) is 5.92 Å². The van der Waals surface area contributed by atoms with E-state index in [1.54, 1.807) is 7.11 Å². The van der Waals surface area contributed by atoms with Crippen LogP contribution in [-0.4, -0.2) is 19.2 Å². The first kappa shape index (κ1) is 16.9. The number of rotatable bonds is 5. The SMILES string of the molecule is COc1ccc(Cl)cc1CN[C@@H]1[C@H]2CCC[C@H]2N[C@@H]1c1ccccc1. The Labute approximate surface area is 154 Å². The maximum atomic E-state index is 6.19. The molecule has 0 unspecified atom stereocenters. The monoisotopic (exact) mass is 356 g/mol. The smallest absolute Gasteiger partial charge is 0.123 e. The minimum absolute atomic E-state index is 0.363. The molecular formula is C21H25ClN2O. The van der Waals surface area contributed by atoms with E-state index < -0.39 is 0 Å². The molecule has 2 aromatic carbocycles. The van der Waals surface area contributed by atoms with Crippen molar-refractivity contribution in [1.29, 1.82) is 0 Å². The molecule has 132 valence electrons. The molecule has 4 atom stereocenters. The molecule has 0 amide bonds. The van der Waals surface area contributed by atoms with Crippen LogP contribution in [0.15, 0.2) is 48.5 Å². The van der Waals surface area contributed by atoms with Gasteiger partial charge in [0.05, 0.1) is 7.11 Å². The Bertz CT molecular complexity index is 721. The summed E-state index contributed by atoms with van der Waals surface area (Å²) in [6.45, 7) is 0.767. The maximum Gasteiger partial charge on any atom is 0.123 e. The molecule has 2 N–H and O–H groups in total. The van der Waals surface area contributed by atoms with Crippen LogP contribution >= 0.6 is 11.6 Å². The molecule has 1 saturated carbocycles. The quantitative estimate of drug-likeness (QED) is 0.837. The van der Waals surface area contributed by atoms with Gasteiger partial charge >= 0.3 is 0 Å². The van der Waals surface area contributed by atoms with Crippen LogP contribution < -0.4 is 15.4 Å². The van der Waals surface area contributed by atoms with Crippen LogP contribution in [-0.2, 0) is 6.54 Å². The number of methoxy groups -OCH3 is 1. The first-order chi connectivity index (χ1) is 12.3. The van der Waals surface area contributed by atoms with E-state index in [0.29, 0.717) is 24.0 Å². The second-order valence-electron chi connectivity index (χ2n) is 7.12. The molecule has 2 aromatic rings. The van der Waals surface area contributed by atoms with E-state index in [2.05, 4.69) is 41.0 Å². The van der Waals surface area contributed by atoms with Crippen molar-refractivity contribution in [3.63, 3.8) is 0 Å². The number of halogens is 1. The van der Waals surface area contributed by atoms with Crippen LogP contribution in [0, 0.1) is 5.92 Å². The Hall–Kier alpha value is -1.55. The lowest BCUT2D eigenvalue weighted by Crippen LogP contribution is -2.37. The largest absolute Gasteiger partial charge is 0.496 e. The molecule has 2 fully saturated rings. The van der Waals surface area contributed by atoms with Gasteiger partial charge in [0, 0.05) is 35.3 Å². The Morgan fingerprint density at radius 2 is 2.00 bits per heavy atom. The molecule has 1 aliphatic carbocycles. The van der Waals surface area contributed by atoms with Crippen LogP contribution in [0.1, 0.15) is 36.4 Å². The summed E-state index contributed by atoms with van der Waals surface area (Å²) in [7, 11) is 1.71. The third kappa shape index (κ3) is 3.41. The molecule has 25 heavy (non-hydrogen) atoms. The van der Waals surface area contributed by atoms with Gasteiger partial charge in [-0.05, 0) is 42.5 Å². The van der Waals surface area contributed by atoms with Crippen molar-refractivity contribution in [2.75, 3.05) is 7.11 Å². The zero-order valence-corrected chi connectivity index (χ0v) is 15.3. The van der Waals surface area contributed by atoms with E-state index in [1.807, 2.05) is 18.2 Å². The minimum Gasteiger partial charge on any atom is -0.496 e. The number of hydrogen-bond acceptors (Lipinski definition) is 3. The van der Waals surface area contributed by atoms with Crippen LogP contribution in [0.25, 0.3) is 0 Å². The summed E-state index contributed by atoms with van der Waals surface area (Å²) in [5.41, 5.74) is 2.48. The third-order valence-corrected chi connectivity index (χ3v) is 5.95. The van der Waals surface area contributed by atoms with Crippen LogP contribution in [0.4, 0.5) is 0 Å². The molecule has 1 aliphatic heterocycles. The fourth-order valence-electron chi connectivity index (χ4n) is 4.55. The van der Waals surface area contributed by atoms with Crippen LogP contribution in [0.3, 0.4) is 0 Å². The molecule has 0 bridgehead atoms. The standard InChI is InChI=1S/C21H25ClN2O/c1-25-19-11-10-16(22)12-15(19)13-23-21-17-8-5-9-18(17)24-20(21)14-6-3-2-4-7-14/h2-4,6-7,10-12,17-18,20-21,23-24H,5,8-9,13H2,1H3/t17-,18+,20+,21+/m0/s1. The van der Waals surface area contributed by atoms with Gasteiger partial charge in [-0.2, -0.15) is 0 Å². The van der Waals surface area contributed by atoms with E-state index in [9.17, 15) is 0 Å². The number of hydrogen-bond donors (Lipinski definition) is 2. The van der Waals surface area contributed by atoms with Crippen molar-refractivity contribution in [1.82, 2.24) is 10.6 Å². The fourth-order valence-corrected chi connectivity index (χ4v) is 4.75. The lowest BCUT2D eigenvalue weighted by molar-refractivity contribution is 0.365. The summed E-state index contributed by atoms with van der Waals surface area (Å²) in [6, 6.07) is 18.0. The topological polar surface area (TPSA) is 33.3 Å². The molecule has 4 heteroatoms. The zero-order valence-electron chi connectivity index (χ0n) is 14.5. The highest BCUT2D eigenvalue weighted by Crippen LogP contribution is 2.41. The summed E-state index contributed by atoms with van der Waals surface area (Å²) in [5.74, 6) is 1.58. The van der Waals surface area contributed by atoms with Gasteiger partial charge in [-0.1, -0.05) is 48.4 Å². The molecule has 1 heterocycles. The number of fused-ring (bicyclic) bond motifs is 1. The van der Waals surface area contributed by atoms with Crippen molar-refractivity contribution in [2.45, 2.75) is 43.9 Å². The summed E-state index contributed by atoms with van der Waals surface area (Å²) >= 11 is 6.19. The van der Waals surface area contributed by atoms with Crippen LogP contribution in [0.5, 0.6) is 5.75 Å². The molecular weight excluding hydrogens is 332 g/mol. The van der Waals surface area contributed by atoms with Gasteiger partial charge in [0.15, 0.2) is 0 Å². The predicted octanol–water partition coefficient (Wildman–Crippen LogP) is 4.32. The van der Waals surface area contributed by atoms with Crippen molar-refractivity contribution < 1.29 is 4.74 Å². The van der Waals surface area contributed by atoms with Gasteiger partial charge in [-0.15, -0.1) is 0 Å². The van der Waals surface area contributed by atoms with Gasteiger partial charge in [0.25, 0.3) is 0 Å². The zero-order chi connectivity index (χ0) is 17.2. The first-order valence-electron chi connectivity index (χ1n) is 9.13. The van der Waals surface area contributed by atoms with Crippen molar-refractivity contribution >= 4 is 11.6 Å². The van der Waals surface area contributed by atoms with Crippen molar-refractivity contribution in [3.8, 4) is 5.75 Å². The number of ether oxygens (including phenoxy) is 1. The Balaban J connectivity index is 1.55. The molecule has 2 aliphatic rings. The van der Waals surface area contributed by atoms with Gasteiger partial charge < -0.3 is 15.4 Å². The molecule has 4 rings (SSSR count). The van der Waals surface area contributed by atoms with Gasteiger partial charge in [0.2, 0.25) is 0 Å². The normalized spacial score (nSPS) is 28.1. The van der Waals surface area contributed by atoms with E-state index in [-0.39, 0.29) is 0 Å². The van der Waals surface area contributed by atoms with E-state index >= 15 is 0 Å². The molecule has 3 nitrogen and oxygen atoms in total. The second kappa shape index (κ2) is 7.36. The summed E-state index contributed by atoms with van der Waals surface area (Å²) in [6.07, 6.45) is 3.90. The molecule has 1 saturated heterocycles. The lowest BCUT2D eigenvalue weighted by atomic mass is 9.91. The third-order valence-electron chi connectivity index (χ3n) is 5.71. The molecule has 0 aromatic heterocycles. The first-order valence-corrected chi connectivity index (χ1v) is 9.51. The highest BCUT2D eigenvalue weighted by molar-refractivity contribution is 6.30. The van der Waals surface area contributed by atoms with E-state index in [0.717, 1.165) is 22.9 Å². The number of nitrogens with one attached hydrogen (secondary N) is 2. The number of benzene rings is 2. The summed E-state index contributed by atoms with van der Waals surface area (Å²) in [5, 5.41) is 8.44. The Morgan fingerprint density at radius 3 is 2.80 bits per heavy atom. The average Bonchev–Trinajstić information content (AvgIpc) is 3.22. The van der Waals surface area contributed by atoms with Crippen molar-refractivity contribution in [3.05, 3.63) is 64.7 Å². The molecule has 0 radical (unpaired) electrons. The Kier molecular flexibility index (Phi) is 4.98. The van der Waals surface area contributed by atoms with E-state index in [1.165, 1.54) is 24.8 Å². The van der Waals surface area contributed by atoms with Gasteiger partial charge in [0.1, 0.15) is 5.75 Å². The van der Waals surface area contributed by atoms with Crippen LogP contribution in [0.2, 0.25) is 5.02 Å². The fraction of sp³-hybridized carbons (Fsp3) is 0.429. The average molecular weight is 357 g/mol. The predicted molar refractivity (Wildman–Crippen MR) is 102 cm³/mol. The molecule has 0 spiro atoms. The van der Waals surface area contributed by atoms with E-state index in [4.69, 9.17) is 16.3 Å². The maximum absolute atomic E-state index is 6.19. The second-order valence-corrected chi connectivity index (χ2v) is 7.56. The lowest BCUT2D eigenvalue weighted by Gasteiger charge is -2.26. The Morgan fingerprint density at radius 1 is 1.16 bits per heavy atom. The van der Waals surface area contributed by atoms with Gasteiger partial charge in [-0.25, -0.2) is 0 Å². The summed E-state index contributed by atoms with van der Waals surface area (Å²) in [4.78, 5) is 0.